The number of ether oxygens (including phenoxy) is 6. The van der Waals surface area contributed by atoms with Gasteiger partial charge in [-0.1, -0.05) is 13.8 Å². The molecule has 14 nitrogen and oxygen atoms in total. The molecule has 0 radical (unpaired) electrons. The Labute approximate surface area is 247 Å². The Kier molecular flexibility index (Phi) is 11.4. The second-order valence-electron chi connectivity index (χ2n) is 11.4. The van der Waals surface area contributed by atoms with E-state index in [1.165, 1.54) is 0 Å². The van der Waals surface area contributed by atoms with Gasteiger partial charge in [-0.3, -0.25) is 9.88 Å². The molecule has 2 aliphatic rings. The molecule has 43 heavy (non-hydrogen) atoms. The monoisotopic (exact) mass is 618 g/mol. The smallest absolute Gasteiger partial charge is 0.412 e. The fourth-order valence-corrected chi connectivity index (χ4v) is 4.37. The van der Waals surface area contributed by atoms with E-state index >= 15 is 8.78 Å². The maximum absolute atomic E-state index is 15.9. The number of alkyl halides is 2. The molecule has 0 aliphatic carbocycles. The molecule has 2 unspecified atom stereocenters. The van der Waals surface area contributed by atoms with Crippen LogP contribution in [0.1, 0.15) is 67.0 Å². The van der Waals surface area contributed by atoms with Crippen LogP contribution < -0.4 is 16.3 Å². The number of esters is 1. The zero-order chi connectivity index (χ0) is 31.9. The zero-order valence-electron chi connectivity index (χ0n) is 25.1. The van der Waals surface area contributed by atoms with E-state index in [-0.39, 0.29) is 12.4 Å². The lowest BCUT2D eigenvalue weighted by atomic mass is 10.0. The molecule has 3 heterocycles. The van der Waals surface area contributed by atoms with E-state index in [0.717, 1.165) is 18.7 Å². The Bertz CT molecular complexity index is 1180. The molecule has 0 spiro atoms. The van der Waals surface area contributed by atoms with Crippen LogP contribution >= 0.6 is 0 Å². The number of amides is 2. The number of carbonyl (C=O) groups excluding carboxylic acids is 3. The minimum atomic E-state index is -3.81. The van der Waals surface area contributed by atoms with Crippen molar-refractivity contribution in [2.24, 2.45) is 5.92 Å². The number of aromatic nitrogens is 2. The van der Waals surface area contributed by atoms with E-state index in [0.29, 0.717) is 24.0 Å². The summed E-state index contributed by atoms with van der Waals surface area (Å²) in [5, 5.41) is 4.66. The SMILES string of the molecule is CCOC(=O)Nc1ccn([C@@H]2OC(COC(=O)[C@@H](NC(=O)OC(C)(C)C)C(C)C)[C@@H](OC3CCCCO3)C2(F)F)c(=O)n1. The normalized spacial score (nSPS) is 24.2. The molecular weight excluding hydrogens is 578 g/mol. The first kappa shape index (κ1) is 34.1. The van der Waals surface area contributed by atoms with Crippen molar-refractivity contribution in [2.45, 2.75) is 103 Å². The number of alkyl carbamates (subject to hydrolysis) is 1. The molecule has 0 aromatic carbocycles. The van der Waals surface area contributed by atoms with Crippen LogP contribution in [0.15, 0.2) is 17.1 Å². The van der Waals surface area contributed by atoms with Gasteiger partial charge >= 0.3 is 29.8 Å². The third-order valence-electron chi connectivity index (χ3n) is 6.36. The summed E-state index contributed by atoms with van der Waals surface area (Å²) in [6.45, 7) is 9.56. The number of nitrogens with one attached hydrogen (secondary N) is 2. The van der Waals surface area contributed by atoms with E-state index < -0.39 is 78.7 Å². The van der Waals surface area contributed by atoms with Crippen LogP contribution in [0.4, 0.5) is 24.2 Å². The maximum atomic E-state index is 15.9. The molecule has 2 fully saturated rings. The zero-order valence-corrected chi connectivity index (χ0v) is 25.1. The van der Waals surface area contributed by atoms with Crippen molar-refractivity contribution in [3.8, 4) is 0 Å². The van der Waals surface area contributed by atoms with Crippen LogP contribution in [0.25, 0.3) is 0 Å². The third kappa shape index (κ3) is 9.31. The van der Waals surface area contributed by atoms with Crippen molar-refractivity contribution in [3.05, 3.63) is 22.7 Å². The Balaban J connectivity index is 1.80. The van der Waals surface area contributed by atoms with E-state index in [4.69, 9.17) is 28.4 Å². The van der Waals surface area contributed by atoms with Gasteiger partial charge < -0.3 is 33.7 Å². The number of hydrogen-bond donors (Lipinski definition) is 2. The largest absolute Gasteiger partial charge is 0.461 e. The Morgan fingerprint density at radius 3 is 2.49 bits per heavy atom. The molecule has 2 aliphatic heterocycles. The van der Waals surface area contributed by atoms with Gasteiger partial charge in [-0.2, -0.15) is 13.8 Å². The number of halogens is 2. The van der Waals surface area contributed by atoms with Gasteiger partial charge in [0.25, 0.3) is 0 Å². The number of carbonyl (C=O) groups is 3. The third-order valence-corrected chi connectivity index (χ3v) is 6.36. The Morgan fingerprint density at radius 1 is 1.19 bits per heavy atom. The summed E-state index contributed by atoms with van der Waals surface area (Å²) in [4.78, 5) is 53.3. The fourth-order valence-electron chi connectivity index (χ4n) is 4.37. The number of hydrogen-bond acceptors (Lipinski definition) is 11. The standard InChI is InChI=1S/C27H40F2N4O10/c1-7-38-24(36)31-17-11-12-33(23(35)30-17)22-27(28,29)20(42-18-10-8-9-13-39-18)16(41-22)14-40-21(34)19(15(2)3)32-25(37)43-26(4,5)6/h11-12,15-16,18-20,22H,7-10,13-14H2,1-6H3,(H,32,37)(H,30,31,35,36)/t16?,18?,19-,20+,22+/m0/s1. The van der Waals surface area contributed by atoms with Crippen LogP contribution in [-0.2, 0) is 33.2 Å². The highest BCUT2D eigenvalue weighted by atomic mass is 19.3. The second-order valence-corrected chi connectivity index (χ2v) is 11.4. The Morgan fingerprint density at radius 2 is 1.91 bits per heavy atom. The summed E-state index contributed by atoms with van der Waals surface area (Å²) in [6, 6.07) is -0.0271. The first-order chi connectivity index (χ1) is 20.1. The van der Waals surface area contributed by atoms with Crippen molar-refractivity contribution in [3.63, 3.8) is 0 Å². The average molecular weight is 619 g/mol. The van der Waals surface area contributed by atoms with Crippen LogP contribution in [0, 0.1) is 5.92 Å². The summed E-state index contributed by atoms with van der Waals surface area (Å²) < 4.78 is 64.3. The molecule has 3 rings (SSSR count). The quantitative estimate of drug-likeness (QED) is 0.292. The second kappa shape index (κ2) is 14.4. The highest BCUT2D eigenvalue weighted by molar-refractivity contribution is 5.83. The maximum Gasteiger partial charge on any atom is 0.412 e. The minimum absolute atomic E-state index is 0.0675. The summed E-state index contributed by atoms with van der Waals surface area (Å²) in [5.74, 6) is -5.37. The highest BCUT2D eigenvalue weighted by Crippen LogP contribution is 2.45. The molecule has 2 saturated heterocycles. The number of anilines is 1. The van der Waals surface area contributed by atoms with Crippen LogP contribution in [0.3, 0.4) is 0 Å². The lowest BCUT2D eigenvalue weighted by molar-refractivity contribution is -0.239. The van der Waals surface area contributed by atoms with Gasteiger partial charge in [-0.15, -0.1) is 0 Å². The van der Waals surface area contributed by atoms with E-state index in [1.807, 2.05) is 0 Å². The van der Waals surface area contributed by atoms with Crippen molar-refractivity contribution < 1.29 is 51.6 Å². The molecule has 0 saturated carbocycles. The predicted molar refractivity (Wildman–Crippen MR) is 145 cm³/mol. The Hall–Kier alpha value is -3.37. The number of nitrogens with zero attached hydrogens (tertiary/aromatic N) is 2. The molecule has 242 valence electrons. The molecule has 1 aromatic rings. The lowest BCUT2D eigenvalue weighted by Gasteiger charge is -2.30. The topological polar surface area (TPSA) is 166 Å². The van der Waals surface area contributed by atoms with Gasteiger partial charge in [0.2, 0.25) is 6.23 Å². The van der Waals surface area contributed by atoms with Gasteiger partial charge in [0.1, 0.15) is 30.2 Å². The number of rotatable bonds is 10. The van der Waals surface area contributed by atoms with Gasteiger partial charge in [-0.05, 0) is 58.9 Å². The first-order valence-electron chi connectivity index (χ1n) is 14.1. The van der Waals surface area contributed by atoms with Crippen molar-refractivity contribution in [2.75, 3.05) is 25.1 Å². The van der Waals surface area contributed by atoms with E-state index in [2.05, 4.69) is 15.6 Å². The molecule has 16 heteroatoms. The summed E-state index contributed by atoms with van der Waals surface area (Å²) >= 11 is 0. The summed E-state index contributed by atoms with van der Waals surface area (Å²) in [5.41, 5.74) is -1.97. The minimum Gasteiger partial charge on any atom is -0.461 e. The first-order valence-corrected chi connectivity index (χ1v) is 14.1. The van der Waals surface area contributed by atoms with Gasteiger partial charge in [0.05, 0.1) is 6.61 Å². The predicted octanol–water partition coefficient (Wildman–Crippen LogP) is 3.35. The van der Waals surface area contributed by atoms with E-state index in [1.54, 1.807) is 41.5 Å². The lowest BCUT2D eigenvalue weighted by Crippen LogP contribution is -2.49. The van der Waals surface area contributed by atoms with Crippen molar-refractivity contribution in [1.29, 1.82) is 0 Å². The van der Waals surface area contributed by atoms with Gasteiger partial charge in [0.15, 0.2) is 12.4 Å². The molecule has 1 aromatic heterocycles. The molecule has 0 bridgehead atoms. The van der Waals surface area contributed by atoms with Crippen LogP contribution in [0.2, 0.25) is 0 Å². The molecular formula is C27H40F2N4O10. The van der Waals surface area contributed by atoms with E-state index in [9.17, 15) is 19.2 Å². The summed E-state index contributed by atoms with van der Waals surface area (Å²) in [7, 11) is 0. The van der Waals surface area contributed by atoms with Crippen LogP contribution in [0.5, 0.6) is 0 Å². The molecule has 2 amide bonds. The van der Waals surface area contributed by atoms with Crippen molar-refractivity contribution in [1.82, 2.24) is 14.9 Å². The summed E-state index contributed by atoms with van der Waals surface area (Å²) in [6.07, 6.45) is -5.62. The highest BCUT2D eigenvalue weighted by Gasteiger charge is 2.62. The average Bonchev–Trinajstić information content (AvgIpc) is 3.14. The van der Waals surface area contributed by atoms with Gasteiger partial charge in [0, 0.05) is 12.8 Å². The van der Waals surface area contributed by atoms with Crippen molar-refractivity contribution >= 4 is 24.0 Å². The van der Waals surface area contributed by atoms with Gasteiger partial charge in [-0.25, -0.2) is 19.2 Å². The molecule has 5 atom stereocenters. The fraction of sp³-hybridized carbons (Fsp3) is 0.741. The van der Waals surface area contributed by atoms with Crippen LogP contribution in [-0.4, -0.2) is 83.6 Å². The molecule has 2 N–H and O–H groups in total.